The largest absolute Gasteiger partial charge is 0.507 e. The van der Waals surface area contributed by atoms with Crippen LogP contribution in [-0.4, -0.2) is 94.9 Å². The van der Waals surface area contributed by atoms with Gasteiger partial charge in [0.1, 0.15) is 11.6 Å². The number of hydrogen-bond donors (Lipinski definition) is 5. The van der Waals surface area contributed by atoms with Gasteiger partial charge in [-0.1, -0.05) is 0 Å². The molecule has 2 saturated heterocycles. The van der Waals surface area contributed by atoms with Gasteiger partial charge in [-0.05, 0) is 31.2 Å². The summed E-state index contributed by atoms with van der Waals surface area (Å²) in [6, 6.07) is 6.87. The summed E-state index contributed by atoms with van der Waals surface area (Å²) in [4.78, 5) is 12.8. The third kappa shape index (κ3) is 5.34. The van der Waals surface area contributed by atoms with Crippen molar-refractivity contribution in [3.8, 4) is 17.0 Å². The van der Waals surface area contributed by atoms with Crippen LogP contribution in [0, 0.1) is 0 Å². The molecule has 0 saturated carbocycles. The fraction of sp³-hybridized carbons (Fsp3) is 0.524. The zero-order valence-corrected chi connectivity index (χ0v) is 17.4. The van der Waals surface area contributed by atoms with E-state index in [0.29, 0.717) is 30.2 Å². The molecule has 0 aliphatic carbocycles. The Morgan fingerprint density at radius 3 is 2.58 bits per heavy atom. The number of rotatable bonds is 7. The van der Waals surface area contributed by atoms with Crippen molar-refractivity contribution in [2.45, 2.75) is 18.6 Å². The third-order valence-corrected chi connectivity index (χ3v) is 5.68. The molecule has 31 heavy (non-hydrogen) atoms. The molecule has 0 radical (unpaired) electrons. The lowest BCUT2D eigenvalue weighted by Gasteiger charge is -2.26. The number of nitrogen functional groups attached to an aromatic ring is 1. The predicted octanol–water partition coefficient (Wildman–Crippen LogP) is 0.107. The monoisotopic (exact) mass is 430 g/mol. The van der Waals surface area contributed by atoms with Crippen molar-refractivity contribution in [2.75, 3.05) is 68.4 Å². The molecule has 2 atom stereocenters. The lowest BCUT2D eigenvalue weighted by atomic mass is 10.1. The van der Waals surface area contributed by atoms with Crippen LogP contribution in [-0.2, 0) is 4.74 Å². The van der Waals surface area contributed by atoms with E-state index in [1.54, 1.807) is 24.3 Å². The molecule has 4 rings (SSSR count). The van der Waals surface area contributed by atoms with Gasteiger partial charge in [-0.3, -0.25) is 4.90 Å². The molecular formula is C21H30N6O4. The number of anilines is 3. The van der Waals surface area contributed by atoms with Crippen LogP contribution in [0.5, 0.6) is 5.75 Å². The quantitative estimate of drug-likeness (QED) is 0.384. The van der Waals surface area contributed by atoms with Crippen molar-refractivity contribution in [2.24, 2.45) is 0 Å². The molecule has 10 heteroatoms. The fourth-order valence-corrected chi connectivity index (χ4v) is 3.94. The van der Waals surface area contributed by atoms with Crippen molar-refractivity contribution >= 4 is 17.5 Å². The first-order chi connectivity index (χ1) is 15.0. The molecule has 2 aliphatic heterocycles. The maximum Gasteiger partial charge on any atom is 0.222 e. The molecule has 6 N–H and O–H groups in total. The van der Waals surface area contributed by atoms with Crippen LogP contribution < -0.4 is 16.0 Å². The number of ether oxygens (including phenoxy) is 1. The van der Waals surface area contributed by atoms with E-state index in [0.717, 1.165) is 51.5 Å². The number of aliphatic hydroxyl groups is 2. The number of nitrogens with one attached hydrogen (secondary N) is 1. The van der Waals surface area contributed by atoms with Gasteiger partial charge in [-0.2, -0.15) is 4.98 Å². The van der Waals surface area contributed by atoms with E-state index in [9.17, 15) is 15.3 Å². The van der Waals surface area contributed by atoms with Crippen LogP contribution in [0.1, 0.15) is 6.42 Å². The smallest absolute Gasteiger partial charge is 0.222 e. The van der Waals surface area contributed by atoms with E-state index >= 15 is 0 Å². The summed E-state index contributed by atoms with van der Waals surface area (Å²) < 4.78 is 5.37. The highest BCUT2D eigenvalue weighted by Crippen LogP contribution is 2.34. The van der Waals surface area contributed by atoms with Gasteiger partial charge in [0.05, 0.1) is 31.1 Å². The number of aromatic nitrogens is 2. The van der Waals surface area contributed by atoms with Crippen molar-refractivity contribution in [3.05, 3.63) is 24.3 Å². The van der Waals surface area contributed by atoms with Gasteiger partial charge in [0.2, 0.25) is 5.95 Å². The highest BCUT2D eigenvalue weighted by atomic mass is 16.5. The molecule has 0 bridgehead atoms. The Bertz CT molecular complexity index is 882. The molecule has 0 unspecified atom stereocenters. The first kappa shape index (κ1) is 21.6. The Balaban J connectivity index is 1.44. The van der Waals surface area contributed by atoms with Crippen molar-refractivity contribution < 1.29 is 20.1 Å². The molecule has 1 aromatic carbocycles. The molecular weight excluding hydrogens is 400 g/mol. The second-order valence-electron chi connectivity index (χ2n) is 7.97. The topological polar surface area (TPSA) is 140 Å². The van der Waals surface area contributed by atoms with Gasteiger partial charge >= 0.3 is 0 Å². The highest BCUT2D eigenvalue weighted by molar-refractivity contribution is 5.74. The summed E-state index contributed by atoms with van der Waals surface area (Å²) in [5.74, 6) is 0.784. The number of nitrogens with two attached hydrogens (primary N) is 1. The standard InChI is InChI=1S/C21H30N6O4/c22-21-24-16(11-20(25-21)23-4-1-5-26-6-8-31-9-7-26)15-10-14(2-3-17(15)28)27-12-18(29)19(30)13-27/h2-3,10-11,18-19,28-30H,1,4-9,12-13H2,(H3,22,23,24,25)/t18-,19-/m0/s1. The van der Waals surface area contributed by atoms with E-state index in [1.807, 2.05) is 4.90 Å². The van der Waals surface area contributed by atoms with Gasteiger partial charge in [0, 0.05) is 50.0 Å². The Hall–Kier alpha value is -2.66. The molecule has 0 amide bonds. The zero-order valence-electron chi connectivity index (χ0n) is 17.4. The zero-order chi connectivity index (χ0) is 21.8. The van der Waals surface area contributed by atoms with Crippen LogP contribution in [0.25, 0.3) is 11.3 Å². The first-order valence-electron chi connectivity index (χ1n) is 10.6. The molecule has 1 aromatic heterocycles. The molecule has 168 valence electrons. The number of phenolic OH excluding ortho intramolecular Hbond substituents is 1. The van der Waals surface area contributed by atoms with E-state index in [1.165, 1.54) is 0 Å². The van der Waals surface area contributed by atoms with Crippen molar-refractivity contribution in [3.63, 3.8) is 0 Å². The number of phenols is 1. The van der Waals surface area contributed by atoms with E-state index in [4.69, 9.17) is 10.5 Å². The van der Waals surface area contributed by atoms with Crippen LogP contribution >= 0.6 is 0 Å². The lowest BCUT2D eigenvalue weighted by Crippen LogP contribution is -2.37. The molecule has 2 fully saturated rings. The summed E-state index contributed by atoms with van der Waals surface area (Å²) in [6.07, 6.45) is -0.625. The fourth-order valence-electron chi connectivity index (χ4n) is 3.94. The summed E-state index contributed by atoms with van der Waals surface area (Å²) in [6.45, 7) is 5.88. The normalized spacial score (nSPS) is 22.1. The summed E-state index contributed by atoms with van der Waals surface area (Å²) in [5.41, 5.74) is 7.72. The number of morpholine rings is 1. The Morgan fingerprint density at radius 2 is 1.84 bits per heavy atom. The van der Waals surface area contributed by atoms with Crippen LogP contribution in [0.3, 0.4) is 0 Å². The average Bonchev–Trinajstić information content (AvgIpc) is 3.10. The Labute approximate surface area is 181 Å². The lowest BCUT2D eigenvalue weighted by molar-refractivity contribution is 0.0378. The molecule has 3 heterocycles. The van der Waals surface area contributed by atoms with E-state index in [2.05, 4.69) is 20.2 Å². The Morgan fingerprint density at radius 1 is 1.10 bits per heavy atom. The highest BCUT2D eigenvalue weighted by Gasteiger charge is 2.30. The molecule has 10 nitrogen and oxygen atoms in total. The maximum atomic E-state index is 10.4. The Kier molecular flexibility index (Phi) is 6.71. The predicted molar refractivity (Wildman–Crippen MR) is 118 cm³/mol. The molecule has 2 aromatic rings. The van der Waals surface area contributed by atoms with Crippen LogP contribution in [0.4, 0.5) is 17.5 Å². The van der Waals surface area contributed by atoms with Gasteiger partial charge in [-0.15, -0.1) is 0 Å². The minimum Gasteiger partial charge on any atom is -0.507 e. The van der Waals surface area contributed by atoms with Crippen molar-refractivity contribution in [1.82, 2.24) is 14.9 Å². The van der Waals surface area contributed by atoms with Gasteiger partial charge < -0.3 is 36.0 Å². The van der Waals surface area contributed by atoms with Gasteiger partial charge in [0.15, 0.2) is 0 Å². The number of aliphatic hydroxyl groups excluding tert-OH is 2. The number of aromatic hydroxyl groups is 1. The molecule has 0 spiro atoms. The number of benzene rings is 1. The second-order valence-corrected chi connectivity index (χ2v) is 7.97. The molecule has 2 aliphatic rings. The summed E-state index contributed by atoms with van der Waals surface area (Å²) in [5, 5.41) is 33.4. The third-order valence-electron chi connectivity index (χ3n) is 5.68. The first-order valence-corrected chi connectivity index (χ1v) is 10.6. The summed E-state index contributed by atoms with van der Waals surface area (Å²) in [7, 11) is 0. The minimum absolute atomic E-state index is 0.0698. The van der Waals surface area contributed by atoms with Gasteiger partial charge in [-0.25, -0.2) is 4.98 Å². The number of β-amino-alcohol motifs (C(OH)–C–C–N with tert-alkyl or cyclic N) is 2. The minimum atomic E-state index is -0.791. The maximum absolute atomic E-state index is 10.4. The number of hydrogen-bond acceptors (Lipinski definition) is 10. The van der Waals surface area contributed by atoms with Gasteiger partial charge in [0.25, 0.3) is 0 Å². The average molecular weight is 431 g/mol. The van der Waals surface area contributed by atoms with Crippen molar-refractivity contribution in [1.29, 1.82) is 0 Å². The second kappa shape index (κ2) is 9.65. The van der Waals surface area contributed by atoms with Crippen LogP contribution in [0.2, 0.25) is 0 Å². The SMILES string of the molecule is Nc1nc(NCCCN2CCOCC2)cc(-c2cc(N3C[C@H](O)[C@@H](O)C3)ccc2O)n1. The van der Waals surface area contributed by atoms with E-state index < -0.39 is 12.2 Å². The van der Waals surface area contributed by atoms with Crippen LogP contribution in [0.15, 0.2) is 24.3 Å². The number of nitrogens with zero attached hydrogens (tertiary/aromatic N) is 4. The van der Waals surface area contributed by atoms with E-state index in [-0.39, 0.29) is 11.7 Å². The summed E-state index contributed by atoms with van der Waals surface area (Å²) >= 11 is 0.